The quantitative estimate of drug-likeness (QED) is 0.151. The first kappa shape index (κ1) is 36.0. The molecule has 0 saturated carbocycles. The standard InChI is InChI=1S/C56H37N5/c1-36-22-23-41-28-29-48-49(38-12-4-2-5-13-38)32-51(59-55(48)54(41)58-36)44-19-10-17-42(30-44)37-24-26-40(27-25-37)53-33-52(39-14-6-3-7-15-39)60-56(61-53)45-20-11-18-43(31-45)50-35-57-34-46-16-8-9-21-47(46)50/h2-35H,1H3. The molecule has 0 saturated heterocycles. The number of hydrogen-bond acceptors (Lipinski definition) is 5. The molecule has 4 heterocycles. The summed E-state index contributed by atoms with van der Waals surface area (Å²) in [6, 6.07) is 67.8. The van der Waals surface area contributed by atoms with Crippen molar-refractivity contribution in [3.8, 4) is 78.5 Å². The van der Waals surface area contributed by atoms with Crippen LogP contribution < -0.4 is 0 Å². The largest absolute Gasteiger partial charge is 0.263 e. The van der Waals surface area contributed by atoms with Crippen molar-refractivity contribution in [3.05, 3.63) is 212 Å². The summed E-state index contributed by atoms with van der Waals surface area (Å²) in [6.07, 6.45) is 3.85. The van der Waals surface area contributed by atoms with Gasteiger partial charge in [0.15, 0.2) is 5.82 Å². The third-order valence-corrected chi connectivity index (χ3v) is 11.4. The average Bonchev–Trinajstić information content (AvgIpc) is 3.34. The number of nitrogens with zero attached hydrogens (tertiary/aromatic N) is 5. The van der Waals surface area contributed by atoms with Crippen LogP contribution in [0.25, 0.3) is 111 Å². The van der Waals surface area contributed by atoms with Gasteiger partial charge in [-0.3, -0.25) is 9.97 Å². The fourth-order valence-corrected chi connectivity index (χ4v) is 8.32. The summed E-state index contributed by atoms with van der Waals surface area (Å²) in [5, 5.41) is 4.43. The topological polar surface area (TPSA) is 64.5 Å². The first-order chi connectivity index (χ1) is 30.1. The molecule has 0 aliphatic heterocycles. The van der Waals surface area contributed by atoms with Gasteiger partial charge in [-0.05, 0) is 70.5 Å². The van der Waals surface area contributed by atoms with Crippen LogP contribution in [0.2, 0.25) is 0 Å². The number of benzene rings is 7. The Morgan fingerprint density at radius 3 is 1.72 bits per heavy atom. The van der Waals surface area contributed by atoms with E-state index < -0.39 is 0 Å². The van der Waals surface area contributed by atoms with Crippen molar-refractivity contribution in [1.29, 1.82) is 0 Å². The lowest BCUT2D eigenvalue weighted by molar-refractivity contribution is 1.18. The third-order valence-electron chi connectivity index (χ3n) is 11.4. The molecule has 11 rings (SSSR count). The lowest BCUT2D eigenvalue weighted by Gasteiger charge is -2.13. The second kappa shape index (κ2) is 15.2. The summed E-state index contributed by atoms with van der Waals surface area (Å²) < 4.78 is 0. The Labute approximate surface area is 353 Å². The van der Waals surface area contributed by atoms with Crippen molar-refractivity contribution in [1.82, 2.24) is 24.9 Å². The molecule has 5 heteroatoms. The van der Waals surface area contributed by atoms with Crippen molar-refractivity contribution < 1.29 is 0 Å². The van der Waals surface area contributed by atoms with E-state index in [1.807, 2.05) is 43.6 Å². The minimum absolute atomic E-state index is 0.666. The molecule has 0 radical (unpaired) electrons. The predicted molar refractivity (Wildman–Crippen MR) is 251 cm³/mol. The molecule has 7 aromatic carbocycles. The molecule has 4 aromatic heterocycles. The van der Waals surface area contributed by atoms with Gasteiger partial charge in [-0.25, -0.2) is 15.0 Å². The highest BCUT2D eigenvalue weighted by Crippen LogP contribution is 2.37. The van der Waals surface area contributed by atoms with Crippen LogP contribution in [0.5, 0.6) is 0 Å². The second-order valence-electron chi connectivity index (χ2n) is 15.4. The molecule has 0 unspecified atom stereocenters. The van der Waals surface area contributed by atoms with E-state index in [-0.39, 0.29) is 0 Å². The van der Waals surface area contributed by atoms with Gasteiger partial charge in [0.1, 0.15) is 0 Å². The van der Waals surface area contributed by atoms with Crippen LogP contribution >= 0.6 is 0 Å². The number of aryl methyl sites for hydroxylation is 1. The SMILES string of the molecule is Cc1ccc2ccc3c(-c4ccccc4)cc(-c4cccc(-c5ccc(-c6cc(-c7ccccc7)nc(-c7cccc(-c8cncc9ccccc89)c7)n6)cc5)c4)nc3c2n1. The fraction of sp³-hybridized carbons (Fsp3) is 0.0179. The van der Waals surface area contributed by atoms with Crippen LogP contribution in [0, 0.1) is 6.92 Å². The molecular weight excluding hydrogens is 743 g/mol. The van der Waals surface area contributed by atoms with E-state index in [1.54, 1.807) is 0 Å². The zero-order valence-electron chi connectivity index (χ0n) is 33.4. The zero-order valence-corrected chi connectivity index (χ0v) is 33.4. The Morgan fingerprint density at radius 2 is 0.918 bits per heavy atom. The second-order valence-corrected chi connectivity index (χ2v) is 15.4. The number of pyridine rings is 3. The summed E-state index contributed by atoms with van der Waals surface area (Å²) in [5.41, 5.74) is 16.1. The number of fused-ring (bicyclic) bond motifs is 4. The highest BCUT2D eigenvalue weighted by atomic mass is 14.9. The molecule has 0 N–H and O–H groups in total. The summed E-state index contributed by atoms with van der Waals surface area (Å²) in [7, 11) is 0. The molecule has 11 aromatic rings. The molecule has 0 aliphatic rings. The summed E-state index contributed by atoms with van der Waals surface area (Å²) >= 11 is 0. The van der Waals surface area contributed by atoms with Crippen molar-refractivity contribution >= 4 is 32.6 Å². The molecule has 0 atom stereocenters. The van der Waals surface area contributed by atoms with E-state index in [0.717, 1.165) is 111 Å². The van der Waals surface area contributed by atoms with Gasteiger partial charge >= 0.3 is 0 Å². The minimum Gasteiger partial charge on any atom is -0.263 e. The Morgan fingerprint density at radius 1 is 0.311 bits per heavy atom. The highest BCUT2D eigenvalue weighted by Gasteiger charge is 2.16. The molecule has 0 bridgehead atoms. The van der Waals surface area contributed by atoms with E-state index in [1.165, 1.54) is 0 Å². The molecular formula is C56H37N5. The number of hydrogen-bond donors (Lipinski definition) is 0. The van der Waals surface area contributed by atoms with E-state index in [9.17, 15) is 0 Å². The van der Waals surface area contributed by atoms with Crippen LogP contribution in [-0.2, 0) is 0 Å². The third kappa shape index (κ3) is 6.88. The normalized spacial score (nSPS) is 11.4. The number of rotatable bonds is 7. The maximum atomic E-state index is 5.31. The van der Waals surface area contributed by atoms with Gasteiger partial charge in [-0.1, -0.05) is 164 Å². The molecule has 0 amide bonds. The van der Waals surface area contributed by atoms with Gasteiger partial charge in [0.05, 0.1) is 28.1 Å². The predicted octanol–water partition coefficient (Wildman–Crippen LogP) is 14.1. The summed E-state index contributed by atoms with van der Waals surface area (Å²) in [6.45, 7) is 2.03. The minimum atomic E-state index is 0.666. The van der Waals surface area contributed by atoms with Crippen LogP contribution in [-0.4, -0.2) is 24.9 Å². The van der Waals surface area contributed by atoms with Crippen molar-refractivity contribution in [2.24, 2.45) is 0 Å². The smallest absolute Gasteiger partial charge is 0.160 e. The van der Waals surface area contributed by atoms with Gasteiger partial charge in [-0.2, -0.15) is 0 Å². The molecule has 0 aliphatic carbocycles. The van der Waals surface area contributed by atoms with Crippen molar-refractivity contribution in [2.75, 3.05) is 0 Å². The van der Waals surface area contributed by atoms with Crippen LogP contribution in [0.3, 0.4) is 0 Å². The van der Waals surface area contributed by atoms with Crippen molar-refractivity contribution in [3.63, 3.8) is 0 Å². The van der Waals surface area contributed by atoms with Crippen LogP contribution in [0.1, 0.15) is 5.69 Å². The van der Waals surface area contributed by atoms with Gasteiger partial charge < -0.3 is 0 Å². The van der Waals surface area contributed by atoms with E-state index in [2.05, 4.69) is 175 Å². The Balaban J connectivity index is 0.976. The molecule has 286 valence electrons. The van der Waals surface area contributed by atoms with Gasteiger partial charge in [-0.15, -0.1) is 0 Å². The lowest BCUT2D eigenvalue weighted by Crippen LogP contribution is -1.96. The highest BCUT2D eigenvalue weighted by molar-refractivity contribution is 6.09. The van der Waals surface area contributed by atoms with Crippen LogP contribution in [0.4, 0.5) is 0 Å². The first-order valence-electron chi connectivity index (χ1n) is 20.5. The van der Waals surface area contributed by atoms with Gasteiger partial charge in [0.25, 0.3) is 0 Å². The van der Waals surface area contributed by atoms with Crippen molar-refractivity contribution in [2.45, 2.75) is 6.92 Å². The van der Waals surface area contributed by atoms with Crippen LogP contribution in [0.15, 0.2) is 207 Å². The van der Waals surface area contributed by atoms with Gasteiger partial charge in [0.2, 0.25) is 0 Å². The van der Waals surface area contributed by atoms with Gasteiger partial charge in [0, 0.05) is 62.1 Å². The summed E-state index contributed by atoms with van der Waals surface area (Å²) in [5.74, 6) is 0.666. The maximum absolute atomic E-state index is 5.31. The fourth-order valence-electron chi connectivity index (χ4n) is 8.32. The molecule has 0 fully saturated rings. The molecule has 5 nitrogen and oxygen atoms in total. The zero-order chi connectivity index (χ0) is 40.7. The average molecular weight is 780 g/mol. The summed E-state index contributed by atoms with van der Waals surface area (Å²) in [4.78, 5) is 25.2. The van der Waals surface area contributed by atoms with E-state index >= 15 is 0 Å². The first-order valence-corrected chi connectivity index (χ1v) is 20.5. The molecule has 61 heavy (non-hydrogen) atoms. The lowest BCUT2D eigenvalue weighted by atomic mass is 9.95. The Hall–Kier alpha value is -8.15. The van der Waals surface area contributed by atoms with E-state index in [0.29, 0.717) is 5.82 Å². The monoisotopic (exact) mass is 779 g/mol. The maximum Gasteiger partial charge on any atom is 0.160 e. The molecule has 0 spiro atoms. The Bertz CT molecular complexity index is 3410. The van der Waals surface area contributed by atoms with E-state index in [4.69, 9.17) is 19.9 Å². The Kier molecular flexibility index (Phi) is 8.98. The number of aromatic nitrogens is 5.